The van der Waals surface area contributed by atoms with Crippen molar-refractivity contribution < 1.29 is 9.53 Å². The maximum atomic E-state index is 12.7. The van der Waals surface area contributed by atoms with Gasteiger partial charge in [-0.25, -0.2) is 0 Å². The van der Waals surface area contributed by atoms with Gasteiger partial charge in [0.15, 0.2) is 5.82 Å². The Morgan fingerprint density at radius 2 is 2.23 bits per heavy atom. The summed E-state index contributed by atoms with van der Waals surface area (Å²) in [4.78, 5) is 14.4. The SMILES string of the molecule is Cc1cc(Cl)cc(C(=O)N2CCOC(c3nncn3C)C2)c1. The monoisotopic (exact) mass is 320 g/mol. The van der Waals surface area contributed by atoms with Crippen molar-refractivity contribution >= 4 is 17.5 Å². The molecule has 0 aliphatic carbocycles. The highest BCUT2D eigenvalue weighted by molar-refractivity contribution is 6.31. The number of carbonyl (C=O) groups excluding carboxylic acids is 1. The highest BCUT2D eigenvalue weighted by atomic mass is 35.5. The van der Waals surface area contributed by atoms with Gasteiger partial charge >= 0.3 is 0 Å². The molecule has 7 heteroatoms. The number of hydrogen-bond donors (Lipinski definition) is 0. The quantitative estimate of drug-likeness (QED) is 0.849. The minimum Gasteiger partial charge on any atom is -0.366 e. The Morgan fingerprint density at radius 1 is 1.41 bits per heavy atom. The summed E-state index contributed by atoms with van der Waals surface area (Å²) in [5.74, 6) is 0.681. The Balaban J connectivity index is 1.79. The highest BCUT2D eigenvalue weighted by Gasteiger charge is 2.28. The van der Waals surface area contributed by atoms with Crippen LogP contribution in [0.4, 0.5) is 0 Å². The van der Waals surface area contributed by atoms with E-state index in [1.54, 1.807) is 17.3 Å². The maximum Gasteiger partial charge on any atom is 0.254 e. The average molecular weight is 321 g/mol. The van der Waals surface area contributed by atoms with Crippen LogP contribution in [0.1, 0.15) is 27.8 Å². The van der Waals surface area contributed by atoms with Crippen LogP contribution in [0.5, 0.6) is 0 Å². The number of morpholine rings is 1. The Labute approximate surface area is 133 Å². The largest absolute Gasteiger partial charge is 0.366 e. The normalized spacial score (nSPS) is 18.5. The van der Waals surface area contributed by atoms with Gasteiger partial charge in [-0.15, -0.1) is 10.2 Å². The summed E-state index contributed by atoms with van der Waals surface area (Å²) in [5.41, 5.74) is 1.57. The number of aromatic nitrogens is 3. The van der Waals surface area contributed by atoms with Gasteiger partial charge in [-0.1, -0.05) is 11.6 Å². The standard InChI is InChI=1S/C15H17ClN4O2/c1-10-5-11(7-12(16)6-10)15(21)20-3-4-22-13(8-20)14-18-17-9-19(14)2/h5-7,9,13H,3-4,8H2,1-2H3. The van der Waals surface area contributed by atoms with Crippen LogP contribution in [-0.4, -0.2) is 45.3 Å². The fourth-order valence-electron chi connectivity index (χ4n) is 2.62. The topological polar surface area (TPSA) is 60.3 Å². The summed E-state index contributed by atoms with van der Waals surface area (Å²) in [6.07, 6.45) is 1.37. The predicted octanol–water partition coefficient (Wildman–Crippen LogP) is 1.99. The molecule has 1 aromatic heterocycles. The summed E-state index contributed by atoms with van der Waals surface area (Å²) in [7, 11) is 1.86. The van der Waals surface area contributed by atoms with Crippen LogP contribution < -0.4 is 0 Å². The van der Waals surface area contributed by atoms with E-state index in [2.05, 4.69) is 10.2 Å². The average Bonchev–Trinajstić information content (AvgIpc) is 2.92. The van der Waals surface area contributed by atoms with Crippen molar-refractivity contribution in [3.8, 4) is 0 Å². The molecule has 1 atom stereocenters. The molecule has 1 fully saturated rings. The molecule has 1 unspecified atom stereocenters. The zero-order valence-corrected chi connectivity index (χ0v) is 13.2. The molecule has 1 saturated heterocycles. The molecule has 0 spiro atoms. The lowest BCUT2D eigenvalue weighted by Gasteiger charge is -2.32. The van der Waals surface area contributed by atoms with Crippen molar-refractivity contribution in [3.05, 3.63) is 46.5 Å². The number of nitrogens with zero attached hydrogens (tertiary/aromatic N) is 4. The van der Waals surface area contributed by atoms with Gasteiger partial charge in [0, 0.05) is 24.2 Å². The molecule has 6 nitrogen and oxygen atoms in total. The van der Waals surface area contributed by atoms with Gasteiger partial charge in [0.25, 0.3) is 5.91 Å². The van der Waals surface area contributed by atoms with Crippen LogP contribution in [0, 0.1) is 6.92 Å². The lowest BCUT2D eigenvalue weighted by molar-refractivity contribution is -0.0281. The lowest BCUT2D eigenvalue weighted by Crippen LogP contribution is -2.42. The van der Waals surface area contributed by atoms with Crippen molar-refractivity contribution in [2.45, 2.75) is 13.0 Å². The molecule has 2 heterocycles. The second kappa shape index (κ2) is 6.06. The first kappa shape index (κ1) is 15.0. The Kier molecular flexibility index (Phi) is 4.13. The molecule has 2 aromatic rings. The van der Waals surface area contributed by atoms with Crippen molar-refractivity contribution in [1.29, 1.82) is 0 Å². The number of benzene rings is 1. The van der Waals surface area contributed by atoms with Crippen LogP contribution in [-0.2, 0) is 11.8 Å². The van der Waals surface area contributed by atoms with Crippen molar-refractivity contribution in [3.63, 3.8) is 0 Å². The van der Waals surface area contributed by atoms with Gasteiger partial charge in [-0.2, -0.15) is 0 Å². The van der Waals surface area contributed by atoms with E-state index in [9.17, 15) is 4.79 Å². The fourth-order valence-corrected chi connectivity index (χ4v) is 2.91. The number of rotatable bonds is 2. The third kappa shape index (κ3) is 2.98. The smallest absolute Gasteiger partial charge is 0.254 e. The molecular formula is C15H17ClN4O2. The minimum atomic E-state index is -0.259. The molecule has 0 N–H and O–H groups in total. The second-order valence-electron chi connectivity index (χ2n) is 5.43. The Morgan fingerprint density at radius 3 is 2.91 bits per heavy atom. The molecule has 116 valence electrons. The number of halogens is 1. The van der Waals surface area contributed by atoms with Crippen LogP contribution in [0.3, 0.4) is 0 Å². The number of aryl methyl sites for hydroxylation is 2. The van der Waals surface area contributed by atoms with Gasteiger partial charge in [-0.05, 0) is 30.7 Å². The van der Waals surface area contributed by atoms with E-state index in [1.807, 2.05) is 30.7 Å². The summed E-state index contributed by atoms with van der Waals surface area (Å²) >= 11 is 6.05. The summed E-state index contributed by atoms with van der Waals surface area (Å²) in [5, 5.41) is 8.49. The Bertz CT molecular complexity index is 680. The van der Waals surface area contributed by atoms with E-state index in [4.69, 9.17) is 16.3 Å². The first-order chi connectivity index (χ1) is 10.5. The first-order valence-electron chi connectivity index (χ1n) is 7.06. The van der Waals surface area contributed by atoms with E-state index in [-0.39, 0.29) is 12.0 Å². The minimum absolute atomic E-state index is 0.0407. The van der Waals surface area contributed by atoms with Gasteiger partial charge in [0.05, 0.1) is 13.2 Å². The third-order valence-electron chi connectivity index (χ3n) is 3.68. The van der Waals surface area contributed by atoms with E-state index in [0.717, 1.165) is 11.4 Å². The van der Waals surface area contributed by atoms with Crippen molar-refractivity contribution in [1.82, 2.24) is 19.7 Å². The first-order valence-corrected chi connectivity index (χ1v) is 7.44. The van der Waals surface area contributed by atoms with E-state index in [1.165, 1.54) is 0 Å². The van der Waals surface area contributed by atoms with Gasteiger partial charge in [0.1, 0.15) is 12.4 Å². The predicted molar refractivity (Wildman–Crippen MR) is 81.8 cm³/mol. The zero-order valence-electron chi connectivity index (χ0n) is 12.5. The molecule has 1 aromatic carbocycles. The maximum absolute atomic E-state index is 12.7. The third-order valence-corrected chi connectivity index (χ3v) is 3.90. The molecule has 22 heavy (non-hydrogen) atoms. The lowest BCUT2D eigenvalue weighted by atomic mass is 10.1. The molecule has 0 saturated carbocycles. The van der Waals surface area contributed by atoms with Crippen LogP contribution in [0.25, 0.3) is 0 Å². The molecule has 0 bridgehead atoms. The van der Waals surface area contributed by atoms with Gasteiger partial charge < -0.3 is 14.2 Å². The number of carbonyl (C=O) groups is 1. The van der Waals surface area contributed by atoms with Crippen LogP contribution >= 0.6 is 11.6 Å². The van der Waals surface area contributed by atoms with Crippen LogP contribution in [0.2, 0.25) is 5.02 Å². The van der Waals surface area contributed by atoms with Crippen molar-refractivity contribution in [2.75, 3.05) is 19.7 Å². The zero-order chi connectivity index (χ0) is 15.7. The van der Waals surface area contributed by atoms with E-state index >= 15 is 0 Å². The molecular weight excluding hydrogens is 304 g/mol. The molecule has 1 amide bonds. The van der Waals surface area contributed by atoms with Gasteiger partial charge in [-0.3, -0.25) is 4.79 Å². The second-order valence-corrected chi connectivity index (χ2v) is 5.86. The number of hydrogen-bond acceptors (Lipinski definition) is 4. The van der Waals surface area contributed by atoms with E-state index < -0.39 is 0 Å². The molecule has 1 aliphatic heterocycles. The summed E-state index contributed by atoms with van der Waals surface area (Å²) < 4.78 is 7.53. The molecule has 0 radical (unpaired) electrons. The van der Waals surface area contributed by atoms with E-state index in [0.29, 0.717) is 30.3 Å². The summed E-state index contributed by atoms with van der Waals surface area (Å²) in [6.45, 7) is 3.41. The van der Waals surface area contributed by atoms with Crippen molar-refractivity contribution in [2.24, 2.45) is 7.05 Å². The van der Waals surface area contributed by atoms with Gasteiger partial charge in [0.2, 0.25) is 0 Å². The number of amides is 1. The number of ether oxygens (including phenoxy) is 1. The Hall–Kier alpha value is -1.92. The van der Waals surface area contributed by atoms with Crippen LogP contribution in [0.15, 0.2) is 24.5 Å². The summed E-state index contributed by atoms with van der Waals surface area (Å²) in [6, 6.07) is 5.38. The molecule has 3 rings (SSSR count). The highest BCUT2D eigenvalue weighted by Crippen LogP contribution is 2.22. The fraction of sp³-hybridized carbons (Fsp3) is 0.400. The molecule has 1 aliphatic rings.